The third kappa shape index (κ3) is 8.38. The predicted octanol–water partition coefficient (Wildman–Crippen LogP) is 3.56. The standard InChI is InChI=1S/C28H40N2O6S/c1-20(2)16-17-30(37(35,36)23-14-10-7-11-15-23)19-25(31)24(18-22-12-8-6-9-13-22)29-26(32)21(3)28(4,5)27(33)34/h6-15,20-21,24-25,31H,16-19H2,1-5H3,(H,29,32)(H,33,34)/t21?,24-,25?/m0/s1. The zero-order valence-corrected chi connectivity index (χ0v) is 23.1. The maximum Gasteiger partial charge on any atom is 0.309 e. The Morgan fingerprint density at radius 1 is 0.973 bits per heavy atom. The van der Waals surface area contributed by atoms with Crippen LogP contribution in [-0.4, -0.2) is 60.0 Å². The van der Waals surface area contributed by atoms with Gasteiger partial charge in [0.2, 0.25) is 15.9 Å². The number of aliphatic hydroxyl groups is 1. The number of nitrogens with zero attached hydrogens (tertiary/aromatic N) is 1. The van der Waals surface area contributed by atoms with Crippen LogP contribution < -0.4 is 5.32 Å². The van der Waals surface area contributed by atoms with Gasteiger partial charge in [0.05, 0.1) is 28.4 Å². The smallest absolute Gasteiger partial charge is 0.309 e. The molecule has 9 heteroatoms. The lowest BCUT2D eigenvalue weighted by molar-refractivity contribution is -0.153. The first-order valence-electron chi connectivity index (χ1n) is 12.6. The summed E-state index contributed by atoms with van der Waals surface area (Å²) in [6.07, 6.45) is -0.398. The van der Waals surface area contributed by atoms with Gasteiger partial charge in [-0.2, -0.15) is 4.31 Å². The fourth-order valence-electron chi connectivity index (χ4n) is 3.76. The third-order valence-electron chi connectivity index (χ3n) is 6.85. The van der Waals surface area contributed by atoms with Crippen LogP contribution in [0, 0.1) is 17.3 Å². The highest BCUT2D eigenvalue weighted by Gasteiger charge is 2.40. The normalized spacial score (nSPS) is 14.8. The van der Waals surface area contributed by atoms with E-state index in [2.05, 4.69) is 5.32 Å². The number of hydrogen-bond donors (Lipinski definition) is 3. The number of aliphatic carboxylic acids is 1. The topological polar surface area (TPSA) is 124 Å². The Morgan fingerprint density at radius 2 is 1.51 bits per heavy atom. The van der Waals surface area contributed by atoms with E-state index in [1.165, 1.54) is 37.2 Å². The number of carboxylic acids is 1. The summed E-state index contributed by atoms with van der Waals surface area (Å²) >= 11 is 0. The third-order valence-corrected chi connectivity index (χ3v) is 8.72. The van der Waals surface area contributed by atoms with Crippen LogP contribution in [0.5, 0.6) is 0 Å². The zero-order chi connectivity index (χ0) is 27.8. The first kappa shape index (κ1) is 30.5. The van der Waals surface area contributed by atoms with Crippen molar-refractivity contribution < 1.29 is 28.2 Å². The Bertz CT molecular complexity index is 1120. The molecule has 0 aliphatic rings. The molecule has 1 amide bonds. The summed E-state index contributed by atoms with van der Waals surface area (Å²) in [5, 5.41) is 23.7. The van der Waals surface area contributed by atoms with Gasteiger partial charge >= 0.3 is 5.97 Å². The SMILES string of the molecule is CC(C)CCN(CC(O)[C@H](Cc1ccccc1)NC(=O)C(C)C(C)(C)C(=O)O)S(=O)(=O)c1ccccc1. The highest BCUT2D eigenvalue weighted by molar-refractivity contribution is 7.89. The average Bonchev–Trinajstić information content (AvgIpc) is 2.86. The molecule has 204 valence electrons. The molecule has 0 heterocycles. The largest absolute Gasteiger partial charge is 0.481 e. The first-order chi connectivity index (χ1) is 17.3. The van der Waals surface area contributed by atoms with Crippen LogP contribution in [0.15, 0.2) is 65.6 Å². The number of rotatable bonds is 14. The molecule has 0 aromatic heterocycles. The summed E-state index contributed by atoms with van der Waals surface area (Å²) in [7, 11) is -3.89. The van der Waals surface area contributed by atoms with Crippen molar-refractivity contribution in [3.05, 3.63) is 66.2 Å². The van der Waals surface area contributed by atoms with E-state index in [9.17, 15) is 28.2 Å². The lowest BCUT2D eigenvalue weighted by atomic mass is 9.79. The second-order valence-electron chi connectivity index (χ2n) is 10.5. The van der Waals surface area contributed by atoms with E-state index in [0.29, 0.717) is 6.42 Å². The molecule has 0 spiro atoms. The Morgan fingerprint density at radius 3 is 2.03 bits per heavy atom. The molecule has 0 saturated heterocycles. The van der Waals surface area contributed by atoms with Gasteiger partial charge in [-0.25, -0.2) is 8.42 Å². The van der Waals surface area contributed by atoms with Crippen LogP contribution in [0.3, 0.4) is 0 Å². The van der Waals surface area contributed by atoms with Crippen LogP contribution in [-0.2, 0) is 26.0 Å². The van der Waals surface area contributed by atoms with Gasteiger partial charge in [-0.3, -0.25) is 9.59 Å². The summed E-state index contributed by atoms with van der Waals surface area (Å²) in [5.41, 5.74) is -0.483. The molecule has 2 aromatic carbocycles. The van der Waals surface area contributed by atoms with E-state index in [4.69, 9.17) is 0 Å². The second-order valence-corrected chi connectivity index (χ2v) is 12.4. The monoisotopic (exact) mass is 532 g/mol. The van der Waals surface area contributed by atoms with E-state index in [-0.39, 0.29) is 30.3 Å². The number of carbonyl (C=O) groups excluding carboxylic acids is 1. The number of benzene rings is 2. The molecule has 0 aliphatic heterocycles. The van der Waals surface area contributed by atoms with Gasteiger partial charge in [0.25, 0.3) is 0 Å². The average molecular weight is 533 g/mol. The van der Waals surface area contributed by atoms with Crippen molar-refractivity contribution in [1.82, 2.24) is 9.62 Å². The zero-order valence-electron chi connectivity index (χ0n) is 22.3. The Balaban J connectivity index is 2.35. The van der Waals surface area contributed by atoms with Crippen molar-refractivity contribution in [3.8, 4) is 0 Å². The van der Waals surface area contributed by atoms with E-state index in [1.54, 1.807) is 18.2 Å². The lowest BCUT2D eigenvalue weighted by Crippen LogP contribution is -2.53. The van der Waals surface area contributed by atoms with Crippen LogP contribution in [0.2, 0.25) is 0 Å². The Kier molecular flexibility index (Phi) is 10.8. The van der Waals surface area contributed by atoms with Crippen molar-refractivity contribution in [1.29, 1.82) is 0 Å². The van der Waals surface area contributed by atoms with Crippen molar-refractivity contribution in [2.24, 2.45) is 17.3 Å². The highest BCUT2D eigenvalue weighted by atomic mass is 32.2. The molecule has 0 radical (unpaired) electrons. The fourth-order valence-corrected chi connectivity index (χ4v) is 5.26. The predicted molar refractivity (Wildman–Crippen MR) is 143 cm³/mol. The Hall–Kier alpha value is -2.75. The minimum Gasteiger partial charge on any atom is -0.481 e. The van der Waals surface area contributed by atoms with Gasteiger partial charge in [-0.1, -0.05) is 69.3 Å². The molecule has 3 atom stereocenters. The molecule has 0 fully saturated rings. The van der Waals surface area contributed by atoms with Gasteiger partial charge in [-0.05, 0) is 50.3 Å². The van der Waals surface area contributed by atoms with E-state index >= 15 is 0 Å². The molecule has 37 heavy (non-hydrogen) atoms. The van der Waals surface area contributed by atoms with Gasteiger partial charge in [0.15, 0.2) is 0 Å². The lowest BCUT2D eigenvalue weighted by Gasteiger charge is -2.32. The maximum absolute atomic E-state index is 13.5. The fraction of sp³-hybridized carbons (Fsp3) is 0.500. The number of hydrogen-bond acceptors (Lipinski definition) is 5. The van der Waals surface area contributed by atoms with Crippen molar-refractivity contribution in [3.63, 3.8) is 0 Å². The number of aliphatic hydroxyl groups excluding tert-OH is 1. The number of sulfonamides is 1. The van der Waals surface area contributed by atoms with Gasteiger partial charge in [-0.15, -0.1) is 0 Å². The molecule has 8 nitrogen and oxygen atoms in total. The quantitative estimate of drug-likeness (QED) is 0.342. The molecule has 0 aliphatic carbocycles. The number of carbonyl (C=O) groups is 2. The second kappa shape index (κ2) is 13.2. The van der Waals surface area contributed by atoms with Crippen LogP contribution >= 0.6 is 0 Å². The molecular formula is C28H40N2O6S. The molecular weight excluding hydrogens is 492 g/mol. The number of nitrogens with one attached hydrogen (secondary N) is 1. The van der Waals surface area contributed by atoms with Crippen LogP contribution in [0.1, 0.15) is 46.6 Å². The molecule has 2 aromatic rings. The summed E-state index contributed by atoms with van der Waals surface area (Å²) in [5.74, 6) is -2.28. The minimum atomic E-state index is -3.89. The van der Waals surface area contributed by atoms with Gasteiger partial charge in [0.1, 0.15) is 0 Å². The summed E-state index contributed by atoms with van der Waals surface area (Å²) < 4.78 is 28.2. The van der Waals surface area contributed by atoms with Crippen molar-refractivity contribution >= 4 is 21.9 Å². The van der Waals surface area contributed by atoms with Gasteiger partial charge < -0.3 is 15.5 Å². The Labute approximate surface area is 220 Å². The van der Waals surface area contributed by atoms with Crippen LogP contribution in [0.4, 0.5) is 0 Å². The summed E-state index contributed by atoms with van der Waals surface area (Å²) in [6.45, 7) is 8.45. The van der Waals surface area contributed by atoms with E-state index in [1.807, 2.05) is 44.2 Å². The molecule has 0 bridgehead atoms. The summed E-state index contributed by atoms with van der Waals surface area (Å²) in [4.78, 5) is 24.9. The molecule has 3 N–H and O–H groups in total. The number of amides is 1. The minimum absolute atomic E-state index is 0.131. The molecule has 2 rings (SSSR count). The van der Waals surface area contributed by atoms with Crippen LogP contribution in [0.25, 0.3) is 0 Å². The van der Waals surface area contributed by atoms with Crippen molar-refractivity contribution in [2.75, 3.05) is 13.1 Å². The molecule has 2 unspecified atom stereocenters. The molecule has 0 saturated carbocycles. The number of carboxylic acid groups (broad SMARTS) is 1. The van der Waals surface area contributed by atoms with E-state index < -0.39 is 45.4 Å². The first-order valence-corrected chi connectivity index (χ1v) is 14.0. The van der Waals surface area contributed by atoms with Gasteiger partial charge in [0, 0.05) is 13.1 Å². The summed E-state index contributed by atoms with van der Waals surface area (Å²) in [6, 6.07) is 16.5. The maximum atomic E-state index is 13.5. The highest BCUT2D eigenvalue weighted by Crippen LogP contribution is 2.27. The van der Waals surface area contributed by atoms with E-state index in [0.717, 1.165) is 5.56 Å². The van der Waals surface area contributed by atoms with Crippen molar-refractivity contribution in [2.45, 2.75) is 64.5 Å².